The summed E-state index contributed by atoms with van der Waals surface area (Å²) in [6.45, 7) is 5.44. The van der Waals surface area contributed by atoms with Crippen LogP contribution in [0, 0.1) is 5.92 Å². The van der Waals surface area contributed by atoms with Gasteiger partial charge < -0.3 is 15.0 Å². The number of carbonyl (C=O) groups excluding carboxylic acids is 2. The second-order valence-corrected chi connectivity index (χ2v) is 4.27. The van der Waals surface area contributed by atoms with E-state index in [9.17, 15) is 9.59 Å². The van der Waals surface area contributed by atoms with Crippen LogP contribution in [0.5, 0.6) is 0 Å². The number of hydrogen-bond donors (Lipinski definition) is 1. The summed E-state index contributed by atoms with van der Waals surface area (Å²) in [5.74, 6) is -0.191. The molecule has 18 heavy (non-hydrogen) atoms. The molecule has 0 bridgehead atoms. The van der Waals surface area contributed by atoms with Gasteiger partial charge in [-0.3, -0.25) is 4.79 Å². The fourth-order valence-electron chi connectivity index (χ4n) is 1.92. The number of allylic oxidation sites excluding steroid dienone is 1. The van der Waals surface area contributed by atoms with Crippen molar-refractivity contribution in [2.75, 3.05) is 19.7 Å². The first-order valence-electron chi connectivity index (χ1n) is 6.56. The van der Waals surface area contributed by atoms with Gasteiger partial charge in [-0.25, -0.2) is 4.79 Å². The average Bonchev–Trinajstić information content (AvgIpc) is 2.39. The largest absolute Gasteiger partial charge is 0.466 e. The molecule has 0 aromatic rings. The predicted octanol–water partition coefficient (Wildman–Crippen LogP) is 1.89. The minimum Gasteiger partial charge on any atom is -0.466 e. The Balaban J connectivity index is 2.32. The number of ether oxygens (including phenoxy) is 1. The lowest BCUT2D eigenvalue weighted by Gasteiger charge is -2.30. The SMILES string of the molecule is CC/C=C/NC(=O)N1CCC(C(=O)OCC)CC1. The minimum atomic E-state index is -0.136. The lowest BCUT2D eigenvalue weighted by molar-refractivity contribution is -0.149. The fourth-order valence-corrected chi connectivity index (χ4v) is 1.92. The zero-order valence-corrected chi connectivity index (χ0v) is 11.1. The molecule has 1 fully saturated rings. The lowest BCUT2D eigenvalue weighted by atomic mass is 9.97. The highest BCUT2D eigenvalue weighted by molar-refractivity contribution is 5.76. The van der Waals surface area contributed by atoms with E-state index in [-0.39, 0.29) is 17.9 Å². The van der Waals surface area contributed by atoms with Gasteiger partial charge in [0, 0.05) is 19.3 Å². The Hall–Kier alpha value is -1.52. The van der Waals surface area contributed by atoms with Gasteiger partial charge in [-0.1, -0.05) is 13.0 Å². The Kier molecular flexibility index (Phi) is 6.25. The van der Waals surface area contributed by atoms with Crippen molar-refractivity contribution in [3.8, 4) is 0 Å². The van der Waals surface area contributed by atoms with Crippen molar-refractivity contribution in [2.45, 2.75) is 33.1 Å². The Labute approximate surface area is 108 Å². The Morgan fingerprint density at radius 3 is 2.56 bits per heavy atom. The molecule has 102 valence electrons. The number of esters is 1. The normalized spacial score (nSPS) is 16.9. The van der Waals surface area contributed by atoms with Gasteiger partial charge in [0.15, 0.2) is 0 Å². The third kappa shape index (κ3) is 4.39. The van der Waals surface area contributed by atoms with Crippen LogP contribution in [0.3, 0.4) is 0 Å². The van der Waals surface area contributed by atoms with Gasteiger partial charge in [0.25, 0.3) is 0 Å². The quantitative estimate of drug-likeness (QED) is 0.779. The monoisotopic (exact) mass is 254 g/mol. The van der Waals surface area contributed by atoms with Gasteiger partial charge in [-0.15, -0.1) is 0 Å². The number of nitrogens with one attached hydrogen (secondary N) is 1. The molecule has 0 saturated carbocycles. The number of amides is 2. The molecule has 1 aliphatic rings. The highest BCUT2D eigenvalue weighted by Crippen LogP contribution is 2.18. The summed E-state index contributed by atoms with van der Waals surface area (Å²) in [5, 5.41) is 2.71. The maximum absolute atomic E-state index is 11.7. The Morgan fingerprint density at radius 1 is 1.33 bits per heavy atom. The first-order chi connectivity index (χ1) is 8.69. The van der Waals surface area contributed by atoms with Crippen molar-refractivity contribution >= 4 is 12.0 Å². The van der Waals surface area contributed by atoms with Crippen molar-refractivity contribution in [2.24, 2.45) is 5.92 Å². The van der Waals surface area contributed by atoms with Crippen LogP contribution in [0.25, 0.3) is 0 Å². The maximum atomic E-state index is 11.7. The number of piperidine rings is 1. The lowest BCUT2D eigenvalue weighted by Crippen LogP contribution is -2.44. The van der Waals surface area contributed by atoms with Gasteiger partial charge in [-0.05, 0) is 26.2 Å². The molecule has 1 saturated heterocycles. The molecule has 0 atom stereocenters. The molecule has 0 spiro atoms. The topological polar surface area (TPSA) is 58.6 Å². The van der Waals surface area contributed by atoms with E-state index in [1.807, 2.05) is 13.0 Å². The first kappa shape index (κ1) is 14.5. The molecular formula is C13H22N2O3. The smallest absolute Gasteiger partial charge is 0.321 e. The van der Waals surface area contributed by atoms with E-state index in [0.717, 1.165) is 6.42 Å². The minimum absolute atomic E-state index is 0.0554. The number of hydrogen-bond acceptors (Lipinski definition) is 3. The maximum Gasteiger partial charge on any atom is 0.321 e. The molecule has 5 nitrogen and oxygen atoms in total. The zero-order chi connectivity index (χ0) is 13.4. The van der Waals surface area contributed by atoms with Crippen LogP contribution in [0.4, 0.5) is 4.79 Å². The van der Waals surface area contributed by atoms with E-state index in [0.29, 0.717) is 32.5 Å². The van der Waals surface area contributed by atoms with Crippen molar-refractivity contribution in [1.29, 1.82) is 0 Å². The van der Waals surface area contributed by atoms with Gasteiger partial charge in [-0.2, -0.15) is 0 Å². The number of likely N-dealkylation sites (tertiary alicyclic amines) is 1. The third-order valence-electron chi connectivity index (χ3n) is 2.96. The molecule has 0 radical (unpaired) electrons. The summed E-state index contributed by atoms with van der Waals surface area (Å²) < 4.78 is 4.99. The zero-order valence-electron chi connectivity index (χ0n) is 11.1. The molecular weight excluding hydrogens is 232 g/mol. The second-order valence-electron chi connectivity index (χ2n) is 4.27. The molecule has 0 unspecified atom stereocenters. The van der Waals surface area contributed by atoms with Crippen molar-refractivity contribution in [3.63, 3.8) is 0 Å². The summed E-state index contributed by atoms with van der Waals surface area (Å²) >= 11 is 0. The van der Waals surface area contributed by atoms with E-state index in [1.54, 1.807) is 18.0 Å². The first-order valence-corrected chi connectivity index (χ1v) is 6.56. The molecule has 5 heteroatoms. The third-order valence-corrected chi connectivity index (χ3v) is 2.96. The van der Waals surface area contributed by atoms with Crippen LogP contribution in [0.2, 0.25) is 0 Å². The molecule has 2 amide bonds. The average molecular weight is 254 g/mol. The van der Waals surface area contributed by atoms with E-state index < -0.39 is 0 Å². The number of urea groups is 1. The summed E-state index contributed by atoms with van der Waals surface area (Å²) in [4.78, 5) is 25.0. The number of nitrogens with zero attached hydrogens (tertiary/aromatic N) is 1. The number of rotatable bonds is 4. The highest BCUT2D eigenvalue weighted by atomic mass is 16.5. The van der Waals surface area contributed by atoms with Crippen LogP contribution in [-0.2, 0) is 9.53 Å². The molecule has 1 aliphatic heterocycles. The van der Waals surface area contributed by atoms with Crippen molar-refractivity contribution in [1.82, 2.24) is 10.2 Å². The number of carbonyl (C=O) groups is 2. The Bertz CT molecular complexity index is 307. The summed E-state index contributed by atoms with van der Waals surface area (Å²) in [5.41, 5.74) is 0. The molecule has 1 N–H and O–H groups in total. The molecule has 0 aromatic carbocycles. The van der Waals surface area contributed by atoms with E-state index in [4.69, 9.17) is 4.74 Å². The van der Waals surface area contributed by atoms with Gasteiger partial charge in [0.2, 0.25) is 0 Å². The van der Waals surface area contributed by atoms with E-state index in [1.165, 1.54) is 0 Å². The van der Waals surface area contributed by atoms with Gasteiger partial charge in [0.05, 0.1) is 12.5 Å². The molecule has 1 heterocycles. The fraction of sp³-hybridized carbons (Fsp3) is 0.692. The summed E-state index contributed by atoms with van der Waals surface area (Å²) in [7, 11) is 0. The Morgan fingerprint density at radius 2 is 2.00 bits per heavy atom. The summed E-state index contributed by atoms with van der Waals surface area (Å²) in [6, 6.07) is -0.0954. The summed E-state index contributed by atoms with van der Waals surface area (Å²) in [6.07, 6.45) is 5.82. The van der Waals surface area contributed by atoms with Crippen molar-refractivity contribution in [3.05, 3.63) is 12.3 Å². The van der Waals surface area contributed by atoms with Gasteiger partial charge in [0.1, 0.15) is 0 Å². The standard InChI is InChI=1S/C13H22N2O3/c1-3-5-8-14-13(17)15-9-6-11(7-10-15)12(16)18-4-2/h5,8,11H,3-4,6-7,9-10H2,1-2H3,(H,14,17)/b8-5+. The molecule has 0 aromatic heterocycles. The molecule has 0 aliphatic carbocycles. The van der Waals surface area contributed by atoms with Crippen LogP contribution < -0.4 is 5.32 Å². The molecule has 1 rings (SSSR count). The highest BCUT2D eigenvalue weighted by Gasteiger charge is 2.27. The van der Waals surface area contributed by atoms with Crippen LogP contribution in [-0.4, -0.2) is 36.6 Å². The van der Waals surface area contributed by atoms with Crippen LogP contribution in [0.15, 0.2) is 12.3 Å². The van der Waals surface area contributed by atoms with E-state index >= 15 is 0 Å². The van der Waals surface area contributed by atoms with Crippen LogP contribution in [0.1, 0.15) is 33.1 Å². The van der Waals surface area contributed by atoms with Crippen molar-refractivity contribution < 1.29 is 14.3 Å². The van der Waals surface area contributed by atoms with Gasteiger partial charge >= 0.3 is 12.0 Å². The predicted molar refractivity (Wildman–Crippen MR) is 68.9 cm³/mol. The second kappa shape index (κ2) is 7.74. The van der Waals surface area contributed by atoms with Crippen LogP contribution >= 0.6 is 0 Å². The van der Waals surface area contributed by atoms with E-state index in [2.05, 4.69) is 5.32 Å².